The van der Waals surface area contributed by atoms with Crippen molar-refractivity contribution < 1.29 is 9.05 Å². The van der Waals surface area contributed by atoms with E-state index in [1.54, 1.807) is 0 Å². The summed E-state index contributed by atoms with van der Waals surface area (Å²) in [5, 5.41) is 0. The maximum atomic E-state index is 5.33. The van der Waals surface area contributed by atoms with Crippen LogP contribution in [-0.4, -0.2) is 13.2 Å². The fraction of sp³-hybridized carbons (Fsp3) is 1.00. The normalized spacial score (nSPS) is 23.6. The van der Waals surface area contributed by atoms with Gasteiger partial charge < -0.3 is 0 Å². The highest BCUT2D eigenvalue weighted by molar-refractivity contribution is 8.00. The second-order valence-corrected chi connectivity index (χ2v) is 4.84. The fourth-order valence-corrected chi connectivity index (χ4v) is 2.27. The van der Waals surface area contributed by atoms with E-state index in [0.717, 1.165) is 26.1 Å². The standard InChI is InChI=1S/C7H14O2PS/c1-3-7(4-2)5-8-10(11)9-6-7/h3-6H2,1-2H3/q+1. The summed E-state index contributed by atoms with van der Waals surface area (Å²) in [4.78, 5) is 0. The molecule has 0 radical (unpaired) electrons. The average molecular weight is 193 g/mol. The van der Waals surface area contributed by atoms with Crippen LogP contribution in [0.15, 0.2) is 0 Å². The van der Waals surface area contributed by atoms with E-state index in [2.05, 4.69) is 13.8 Å². The molecule has 0 saturated carbocycles. The van der Waals surface area contributed by atoms with Crippen molar-refractivity contribution in [1.82, 2.24) is 0 Å². The molecular formula is C7H14O2PS+. The van der Waals surface area contributed by atoms with Crippen LogP contribution < -0.4 is 0 Å². The van der Waals surface area contributed by atoms with E-state index in [9.17, 15) is 0 Å². The molecule has 11 heavy (non-hydrogen) atoms. The molecular weight excluding hydrogens is 179 g/mol. The Kier molecular flexibility index (Phi) is 3.38. The molecule has 1 saturated heterocycles. The van der Waals surface area contributed by atoms with Gasteiger partial charge in [-0.25, -0.2) is 0 Å². The molecule has 0 spiro atoms. The van der Waals surface area contributed by atoms with Gasteiger partial charge in [0, 0.05) is 5.41 Å². The Balaban J connectivity index is 2.52. The zero-order chi connectivity index (χ0) is 8.32. The van der Waals surface area contributed by atoms with Gasteiger partial charge in [0.25, 0.3) is 0 Å². The van der Waals surface area contributed by atoms with E-state index in [0.29, 0.717) is 0 Å². The summed E-state index contributed by atoms with van der Waals surface area (Å²) in [6.07, 6.45) is 2.23. The minimum atomic E-state index is -0.978. The summed E-state index contributed by atoms with van der Waals surface area (Å²) >= 11 is 4.91. The predicted molar refractivity (Wildman–Crippen MR) is 49.2 cm³/mol. The molecule has 0 amide bonds. The van der Waals surface area contributed by atoms with Crippen LogP contribution in [0.25, 0.3) is 0 Å². The summed E-state index contributed by atoms with van der Waals surface area (Å²) in [6, 6.07) is 0. The SMILES string of the molecule is CCC1(CC)CO[P+](=S)OC1. The van der Waals surface area contributed by atoms with Crippen LogP contribution in [0.3, 0.4) is 0 Å². The zero-order valence-electron chi connectivity index (χ0n) is 7.00. The molecule has 0 atom stereocenters. The van der Waals surface area contributed by atoms with E-state index >= 15 is 0 Å². The van der Waals surface area contributed by atoms with Gasteiger partial charge >= 0.3 is 7.15 Å². The Morgan fingerprint density at radius 2 is 1.73 bits per heavy atom. The number of hydrogen-bond acceptors (Lipinski definition) is 3. The zero-order valence-corrected chi connectivity index (χ0v) is 8.71. The van der Waals surface area contributed by atoms with E-state index in [1.807, 2.05) is 0 Å². The summed E-state index contributed by atoms with van der Waals surface area (Å²) in [6.45, 7) is 5.92. The molecule has 0 bridgehead atoms. The van der Waals surface area contributed by atoms with Gasteiger partial charge in [-0.15, -0.1) is 9.05 Å². The van der Waals surface area contributed by atoms with Gasteiger partial charge in [0.2, 0.25) is 11.8 Å². The molecule has 1 aliphatic rings. The second-order valence-electron chi connectivity index (χ2n) is 2.98. The lowest BCUT2D eigenvalue weighted by Gasteiger charge is -2.29. The van der Waals surface area contributed by atoms with Crippen molar-refractivity contribution in [3.05, 3.63) is 0 Å². The van der Waals surface area contributed by atoms with Gasteiger partial charge in [0.1, 0.15) is 13.2 Å². The molecule has 64 valence electrons. The third kappa shape index (κ3) is 2.19. The summed E-state index contributed by atoms with van der Waals surface area (Å²) < 4.78 is 10.7. The molecule has 1 fully saturated rings. The molecule has 0 N–H and O–H groups in total. The summed E-state index contributed by atoms with van der Waals surface area (Å²) in [5.41, 5.74) is 0.248. The Labute approximate surface area is 73.9 Å². The smallest absolute Gasteiger partial charge is 0.141 e. The predicted octanol–water partition coefficient (Wildman–Crippen LogP) is 2.61. The monoisotopic (exact) mass is 193 g/mol. The first kappa shape index (κ1) is 9.53. The van der Waals surface area contributed by atoms with Crippen molar-refractivity contribution in [3.8, 4) is 0 Å². The van der Waals surface area contributed by atoms with Crippen LogP contribution in [0.2, 0.25) is 0 Å². The highest BCUT2D eigenvalue weighted by Gasteiger charge is 2.38. The van der Waals surface area contributed by atoms with Gasteiger partial charge in [-0.3, -0.25) is 0 Å². The molecule has 1 aliphatic heterocycles. The Bertz CT molecular complexity index is 145. The minimum absolute atomic E-state index is 0.248. The van der Waals surface area contributed by atoms with E-state index < -0.39 is 7.15 Å². The van der Waals surface area contributed by atoms with E-state index in [-0.39, 0.29) is 5.41 Å². The van der Waals surface area contributed by atoms with Crippen LogP contribution in [0.4, 0.5) is 0 Å². The van der Waals surface area contributed by atoms with Crippen molar-refractivity contribution in [2.24, 2.45) is 5.41 Å². The van der Waals surface area contributed by atoms with Crippen molar-refractivity contribution in [2.45, 2.75) is 26.7 Å². The molecule has 0 aromatic heterocycles. The van der Waals surface area contributed by atoms with Crippen LogP contribution in [-0.2, 0) is 20.9 Å². The summed E-state index contributed by atoms with van der Waals surface area (Å²) in [5.74, 6) is 0. The lowest BCUT2D eigenvalue weighted by atomic mass is 9.84. The van der Waals surface area contributed by atoms with Gasteiger partial charge in [-0.1, -0.05) is 13.8 Å². The maximum Gasteiger partial charge on any atom is 0.521 e. The van der Waals surface area contributed by atoms with Crippen LogP contribution in [0.5, 0.6) is 0 Å². The van der Waals surface area contributed by atoms with Gasteiger partial charge in [-0.05, 0) is 12.8 Å². The van der Waals surface area contributed by atoms with Crippen LogP contribution >= 0.6 is 7.15 Å². The third-order valence-electron chi connectivity index (χ3n) is 2.45. The average Bonchev–Trinajstić information content (AvgIpc) is 2.07. The largest absolute Gasteiger partial charge is 0.521 e. The molecule has 0 aromatic carbocycles. The third-order valence-corrected chi connectivity index (χ3v) is 3.76. The fourth-order valence-electron chi connectivity index (χ4n) is 1.12. The first-order valence-corrected chi connectivity index (χ1v) is 6.14. The number of rotatable bonds is 2. The van der Waals surface area contributed by atoms with Crippen molar-refractivity contribution in [1.29, 1.82) is 0 Å². The summed E-state index contributed by atoms with van der Waals surface area (Å²) in [7, 11) is -0.978. The van der Waals surface area contributed by atoms with Gasteiger partial charge in [0.05, 0.1) is 0 Å². The van der Waals surface area contributed by atoms with Gasteiger partial charge in [0.15, 0.2) is 0 Å². The van der Waals surface area contributed by atoms with E-state index in [4.69, 9.17) is 20.9 Å². The quantitative estimate of drug-likeness (QED) is 0.628. The maximum absolute atomic E-state index is 5.33. The van der Waals surface area contributed by atoms with Crippen molar-refractivity contribution in [2.75, 3.05) is 13.2 Å². The van der Waals surface area contributed by atoms with Crippen LogP contribution in [0.1, 0.15) is 26.7 Å². The molecule has 2 nitrogen and oxygen atoms in total. The Morgan fingerprint density at radius 1 is 1.27 bits per heavy atom. The van der Waals surface area contributed by atoms with E-state index in [1.165, 1.54) is 0 Å². The highest BCUT2D eigenvalue weighted by Crippen LogP contribution is 2.40. The van der Waals surface area contributed by atoms with Crippen molar-refractivity contribution >= 4 is 19.0 Å². The molecule has 0 aliphatic carbocycles. The molecule has 0 unspecified atom stereocenters. The molecule has 1 heterocycles. The Morgan fingerprint density at radius 3 is 2.09 bits per heavy atom. The van der Waals surface area contributed by atoms with Gasteiger partial charge in [-0.2, -0.15) is 0 Å². The highest BCUT2D eigenvalue weighted by atomic mass is 32.4. The van der Waals surface area contributed by atoms with Crippen LogP contribution in [0, 0.1) is 5.41 Å². The number of hydrogen-bond donors (Lipinski definition) is 0. The molecule has 4 heteroatoms. The topological polar surface area (TPSA) is 18.5 Å². The lowest BCUT2D eigenvalue weighted by Crippen LogP contribution is -2.32. The molecule has 1 rings (SSSR count). The first-order chi connectivity index (χ1) is 5.22. The van der Waals surface area contributed by atoms with Crippen molar-refractivity contribution in [3.63, 3.8) is 0 Å². The Hall–Kier alpha value is 0.440. The lowest BCUT2D eigenvalue weighted by molar-refractivity contribution is 0.0352. The minimum Gasteiger partial charge on any atom is -0.141 e. The molecule has 0 aromatic rings. The first-order valence-electron chi connectivity index (χ1n) is 3.95. The second kappa shape index (κ2) is 3.90.